The summed E-state index contributed by atoms with van der Waals surface area (Å²) in [5.41, 5.74) is 2.21. The fourth-order valence-corrected chi connectivity index (χ4v) is 2.14. The Bertz CT molecular complexity index is 368. The highest BCUT2D eigenvalue weighted by atomic mass is 32.2. The van der Waals surface area contributed by atoms with Crippen LogP contribution in [0.1, 0.15) is 25.1 Å². The molecular formula is C14H24N2O2S. The summed E-state index contributed by atoms with van der Waals surface area (Å²) in [4.78, 5) is 6.84. The molecule has 0 bridgehead atoms. The topological polar surface area (TPSA) is 34.6 Å². The van der Waals surface area contributed by atoms with Gasteiger partial charge in [0.1, 0.15) is 5.82 Å². The van der Waals surface area contributed by atoms with Crippen LogP contribution in [0.4, 0.5) is 5.82 Å². The minimum Gasteiger partial charge on any atom is -0.378 e. The molecule has 1 fully saturated rings. The van der Waals surface area contributed by atoms with E-state index in [4.69, 9.17) is 8.92 Å². The zero-order valence-electron chi connectivity index (χ0n) is 12.3. The third kappa shape index (κ3) is 5.38. The zero-order chi connectivity index (χ0) is 14.1. The Kier molecular flexibility index (Phi) is 7.86. The molecule has 4 nitrogen and oxygen atoms in total. The molecule has 0 unspecified atom stereocenters. The second kappa shape index (κ2) is 9.18. The van der Waals surface area contributed by atoms with Crippen LogP contribution in [0.15, 0.2) is 12.1 Å². The van der Waals surface area contributed by atoms with Crippen molar-refractivity contribution in [1.82, 2.24) is 4.98 Å². The van der Waals surface area contributed by atoms with E-state index >= 15 is 0 Å². The summed E-state index contributed by atoms with van der Waals surface area (Å²) in [6.45, 7) is 10.0. The van der Waals surface area contributed by atoms with Crippen LogP contribution < -0.4 is 4.90 Å². The van der Waals surface area contributed by atoms with Crippen LogP contribution in [0.5, 0.6) is 0 Å². The van der Waals surface area contributed by atoms with Gasteiger partial charge in [0, 0.05) is 25.0 Å². The van der Waals surface area contributed by atoms with Crippen LogP contribution in [0, 0.1) is 6.92 Å². The summed E-state index contributed by atoms with van der Waals surface area (Å²) < 4.78 is 10.7. The number of aryl methyl sites for hydroxylation is 1. The van der Waals surface area contributed by atoms with Crippen LogP contribution in [0.25, 0.3) is 0 Å². The fourth-order valence-electron chi connectivity index (χ4n) is 1.89. The van der Waals surface area contributed by atoms with E-state index in [9.17, 15) is 0 Å². The molecule has 2 rings (SSSR count). The van der Waals surface area contributed by atoms with E-state index in [2.05, 4.69) is 22.0 Å². The predicted molar refractivity (Wildman–Crippen MR) is 81.7 cm³/mol. The molecular weight excluding hydrogens is 260 g/mol. The molecule has 108 valence electrons. The number of pyridine rings is 1. The number of hydrogen-bond acceptors (Lipinski definition) is 5. The van der Waals surface area contributed by atoms with Crippen molar-refractivity contribution in [2.75, 3.05) is 37.5 Å². The Hall–Kier alpha value is -0.780. The number of rotatable bonds is 4. The van der Waals surface area contributed by atoms with Crippen molar-refractivity contribution in [2.24, 2.45) is 0 Å². The van der Waals surface area contributed by atoms with E-state index < -0.39 is 0 Å². The van der Waals surface area contributed by atoms with Gasteiger partial charge in [0.15, 0.2) is 0 Å². The fraction of sp³-hybridized carbons (Fsp3) is 0.643. The van der Waals surface area contributed by atoms with Crippen LogP contribution in [0.2, 0.25) is 0 Å². The molecule has 0 N–H and O–H groups in total. The van der Waals surface area contributed by atoms with Crippen LogP contribution in [-0.4, -0.2) is 37.5 Å². The summed E-state index contributed by atoms with van der Waals surface area (Å²) in [5.74, 6) is 1.04. The Labute approximate surface area is 120 Å². The minimum absolute atomic E-state index is 0.627. The molecule has 0 amide bonds. The van der Waals surface area contributed by atoms with Crippen LogP contribution in [0.3, 0.4) is 0 Å². The van der Waals surface area contributed by atoms with Gasteiger partial charge in [0.05, 0.1) is 19.8 Å². The van der Waals surface area contributed by atoms with Crippen molar-refractivity contribution in [3.8, 4) is 0 Å². The summed E-state index contributed by atoms with van der Waals surface area (Å²) in [5, 5.41) is 0. The lowest BCUT2D eigenvalue weighted by atomic mass is 10.2. The monoisotopic (exact) mass is 284 g/mol. The van der Waals surface area contributed by atoms with Gasteiger partial charge < -0.3 is 13.8 Å². The lowest BCUT2D eigenvalue weighted by molar-refractivity contribution is 0.122. The average molecular weight is 284 g/mol. The number of ether oxygens (including phenoxy) is 1. The van der Waals surface area contributed by atoms with E-state index in [1.165, 1.54) is 17.6 Å². The van der Waals surface area contributed by atoms with Gasteiger partial charge in [0.25, 0.3) is 0 Å². The molecule has 0 aliphatic carbocycles. The molecule has 1 saturated heterocycles. The van der Waals surface area contributed by atoms with E-state index in [1.807, 2.05) is 27.0 Å². The molecule has 19 heavy (non-hydrogen) atoms. The molecule has 1 aliphatic heterocycles. The quantitative estimate of drug-likeness (QED) is 0.794. The van der Waals surface area contributed by atoms with Crippen molar-refractivity contribution >= 4 is 17.9 Å². The van der Waals surface area contributed by atoms with E-state index in [0.717, 1.165) is 37.8 Å². The molecule has 1 aliphatic rings. The number of aromatic nitrogens is 1. The number of morpholine rings is 1. The van der Waals surface area contributed by atoms with Gasteiger partial charge in [-0.05, 0) is 36.7 Å². The first kappa shape index (κ1) is 16.3. The maximum Gasteiger partial charge on any atom is 0.129 e. The first-order chi connectivity index (χ1) is 9.29. The zero-order valence-corrected chi connectivity index (χ0v) is 13.1. The molecule has 1 aromatic rings. The highest BCUT2D eigenvalue weighted by Gasteiger charge is 2.13. The second-order valence-electron chi connectivity index (χ2n) is 4.00. The van der Waals surface area contributed by atoms with Crippen LogP contribution in [-0.2, 0) is 15.5 Å². The number of anilines is 1. The van der Waals surface area contributed by atoms with Gasteiger partial charge in [-0.1, -0.05) is 13.8 Å². The SMILES string of the molecule is CC.CSOCc1cc(C)nc(N2CCOCC2)c1. The Balaban J connectivity index is 0.000000861. The lowest BCUT2D eigenvalue weighted by Gasteiger charge is -2.28. The van der Waals surface area contributed by atoms with Gasteiger partial charge in [0.2, 0.25) is 0 Å². The van der Waals surface area contributed by atoms with Crippen molar-refractivity contribution < 1.29 is 8.92 Å². The lowest BCUT2D eigenvalue weighted by Crippen LogP contribution is -2.36. The predicted octanol–water partition coefficient (Wildman–Crippen LogP) is 3.05. The summed E-state index contributed by atoms with van der Waals surface area (Å²) in [7, 11) is 0. The molecule has 5 heteroatoms. The van der Waals surface area contributed by atoms with Crippen LogP contribution >= 0.6 is 12.0 Å². The summed E-state index contributed by atoms with van der Waals surface area (Å²) >= 11 is 1.39. The Morgan fingerprint density at radius 3 is 2.63 bits per heavy atom. The standard InChI is InChI=1S/C12H18N2O2S.C2H6/c1-10-7-11(9-16-17-2)8-12(13-10)14-3-5-15-6-4-14;1-2/h7-8H,3-6,9H2,1-2H3;1-2H3. The number of nitrogens with zero attached hydrogens (tertiary/aromatic N) is 2. The first-order valence-electron chi connectivity index (χ1n) is 6.75. The maximum absolute atomic E-state index is 5.36. The highest BCUT2D eigenvalue weighted by Crippen LogP contribution is 2.18. The van der Waals surface area contributed by atoms with Gasteiger partial charge in [-0.25, -0.2) is 4.98 Å². The summed E-state index contributed by atoms with van der Waals surface area (Å²) in [6.07, 6.45) is 1.93. The highest BCUT2D eigenvalue weighted by molar-refractivity contribution is 7.93. The largest absolute Gasteiger partial charge is 0.378 e. The average Bonchev–Trinajstić information content (AvgIpc) is 2.47. The van der Waals surface area contributed by atoms with Gasteiger partial charge in [-0.3, -0.25) is 0 Å². The smallest absolute Gasteiger partial charge is 0.129 e. The Morgan fingerprint density at radius 2 is 2.00 bits per heavy atom. The maximum atomic E-state index is 5.36. The van der Waals surface area contributed by atoms with Crippen molar-refractivity contribution in [2.45, 2.75) is 27.4 Å². The normalized spacial score (nSPS) is 14.8. The molecule has 0 atom stereocenters. The van der Waals surface area contributed by atoms with Crippen molar-refractivity contribution in [3.63, 3.8) is 0 Å². The van der Waals surface area contributed by atoms with Gasteiger partial charge in [-0.15, -0.1) is 0 Å². The van der Waals surface area contributed by atoms with Gasteiger partial charge >= 0.3 is 0 Å². The van der Waals surface area contributed by atoms with Gasteiger partial charge in [-0.2, -0.15) is 0 Å². The van der Waals surface area contributed by atoms with E-state index in [0.29, 0.717) is 6.61 Å². The molecule has 0 aromatic carbocycles. The molecule has 0 spiro atoms. The molecule has 1 aromatic heterocycles. The molecule has 0 saturated carbocycles. The molecule has 2 heterocycles. The summed E-state index contributed by atoms with van der Waals surface area (Å²) in [6, 6.07) is 4.18. The second-order valence-corrected chi connectivity index (χ2v) is 4.57. The minimum atomic E-state index is 0.627. The Morgan fingerprint density at radius 1 is 1.32 bits per heavy atom. The number of hydrogen-bond donors (Lipinski definition) is 0. The van der Waals surface area contributed by atoms with Crippen molar-refractivity contribution in [1.29, 1.82) is 0 Å². The third-order valence-electron chi connectivity index (χ3n) is 2.68. The van der Waals surface area contributed by atoms with E-state index in [1.54, 1.807) is 0 Å². The third-order valence-corrected chi connectivity index (χ3v) is 3.03. The van der Waals surface area contributed by atoms with E-state index in [-0.39, 0.29) is 0 Å². The molecule has 0 radical (unpaired) electrons. The first-order valence-corrected chi connectivity index (χ1v) is 7.90. The van der Waals surface area contributed by atoms with Crippen molar-refractivity contribution in [3.05, 3.63) is 23.4 Å².